The maximum absolute atomic E-state index is 13.2. The summed E-state index contributed by atoms with van der Waals surface area (Å²) in [5.74, 6) is 0. The van der Waals surface area contributed by atoms with Crippen LogP contribution in [0.2, 0.25) is 5.02 Å². The van der Waals surface area contributed by atoms with E-state index in [1.54, 1.807) is 24.3 Å². The number of hydrogen-bond acceptors (Lipinski definition) is 11. The fourth-order valence-corrected chi connectivity index (χ4v) is 4.99. The first-order valence-corrected chi connectivity index (χ1v) is 13.3. The molecular formula is C21H22ClN3O10P2. The number of hydrogen-bond donors (Lipinski definition) is 5. The lowest BCUT2D eigenvalue weighted by Crippen LogP contribution is -2.43. The molecule has 3 heterocycles. The van der Waals surface area contributed by atoms with Crippen molar-refractivity contribution in [2.45, 2.75) is 31.1 Å². The Morgan fingerprint density at radius 1 is 1.08 bits per heavy atom. The van der Waals surface area contributed by atoms with Gasteiger partial charge in [-0.15, -0.1) is 0 Å². The Bertz CT molecular complexity index is 1360. The zero-order valence-electron chi connectivity index (χ0n) is 18.8. The third kappa shape index (κ3) is 6.48. The highest BCUT2D eigenvalue weighted by atomic mass is 35.5. The summed E-state index contributed by atoms with van der Waals surface area (Å²) in [6.07, 6.45) is -3.04. The third-order valence-corrected chi connectivity index (χ3v) is 7.36. The van der Waals surface area contributed by atoms with Crippen LogP contribution in [0.25, 0.3) is 11.1 Å². The minimum Gasteiger partial charge on any atom is -0.387 e. The molecule has 37 heavy (non-hydrogen) atoms. The van der Waals surface area contributed by atoms with E-state index in [1.165, 1.54) is 6.20 Å². The van der Waals surface area contributed by atoms with Gasteiger partial charge in [-0.3, -0.25) is 18.9 Å². The van der Waals surface area contributed by atoms with Crippen LogP contribution in [0.3, 0.4) is 0 Å². The molecule has 3 aromatic rings. The Hall–Kier alpha value is -2.12. The SMILES string of the molecule is O=c1ccn(C2OC(COP(O)OP(O)O)C(O)C2O)c(=O)n1Cc1cc(-c2ccccc2Cl)ccn1. The van der Waals surface area contributed by atoms with Crippen molar-refractivity contribution in [3.63, 3.8) is 0 Å². The van der Waals surface area contributed by atoms with Crippen molar-refractivity contribution in [1.29, 1.82) is 0 Å². The maximum atomic E-state index is 13.2. The van der Waals surface area contributed by atoms with Gasteiger partial charge in [0, 0.05) is 29.0 Å². The van der Waals surface area contributed by atoms with Crippen molar-refractivity contribution in [3.05, 3.63) is 86.4 Å². The molecule has 5 atom stereocenters. The van der Waals surface area contributed by atoms with Crippen molar-refractivity contribution in [3.8, 4) is 11.1 Å². The van der Waals surface area contributed by atoms with E-state index >= 15 is 0 Å². The average Bonchev–Trinajstić information content (AvgIpc) is 3.14. The summed E-state index contributed by atoms with van der Waals surface area (Å²) in [5.41, 5.74) is 0.448. The molecule has 0 aliphatic carbocycles. The molecule has 13 nitrogen and oxygen atoms in total. The number of halogens is 1. The van der Waals surface area contributed by atoms with Gasteiger partial charge in [0.25, 0.3) is 5.56 Å². The second kappa shape index (κ2) is 12.2. The first-order chi connectivity index (χ1) is 17.7. The molecule has 1 aliphatic rings. The van der Waals surface area contributed by atoms with Crippen LogP contribution in [-0.2, 0) is 20.1 Å². The summed E-state index contributed by atoms with van der Waals surface area (Å²) in [4.78, 5) is 57.0. The quantitative estimate of drug-likeness (QED) is 0.229. The molecule has 2 aromatic heterocycles. The van der Waals surface area contributed by atoms with Gasteiger partial charge in [0.2, 0.25) is 0 Å². The molecule has 1 aromatic carbocycles. The molecule has 5 unspecified atom stereocenters. The number of nitrogens with zero attached hydrogens (tertiary/aromatic N) is 3. The normalized spacial score (nSPS) is 22.5. The summed E-state index contributed by atoms with van der Waals surface area (Å²) < 4.78 is 16.6. The standard InChI is InChI=1S/C21H22ClN3O10P2/c22-15-4-2-1-3-14(15)12-5-7-23-13(9-12)10-25-17(26)6-8-24(21(25)29)20-19(28)18(27)16(34-20)11-33-37(32)35-36(30)31/h1-9,16,18-20,27-28,30-32H,10-11H2. The highest BCUT2D eigenvalue weighted by molar-refractivity contribution is 7.54. The van der Waals surface area contributed by atoms with Crippen molar-refractivity contribution in [2.75, 3.05) is 6.61 Å². The topological polar surface area (TPSA) is 186 Å². The summed E-state index contributed by atoms with van der Waals surface area (Å²) in [5, 5.41) is 21.3. The van der Waals surface area contributed by atoms with Crippen LogP contribution in [0.1, 0.15) is 11.9 Å². The second-order valence-corrected chi connectivity index (χ2v) is 10.2. The first-order valence-electron chi connectivity index (χ1n) is 10.7. The van der Waals surface area contributed by atoms with Crippen molar-refractivity contribution < 1.29 is 38.5 Å². The number of benzene rings is 1. The lowest BCUT2D eigenvalue weighted by molar-refractivity contribution is -0.0530. The molecule has 16 heteroatoms. The number of ether oxygens (including phenoxy) is 1. The lowest BCUT2D eigenvalue weighted by atomic mass is 10.1. The molecule has 1 fully saturated rings. The van der Waals surface area contributed by atoms with E-state index in [-0.39, 0.29) is 6.54 Å². The molecule has 0 radical (unpaired) electrons. The van der Waals surface area contributed by atoms with Gasteiger partial charge in [-0.25, -0.2) is 9.11 Å². The van der Waals surface area contributed by atoms with E-state index in [0.717, 1.165) is 32.5 Å². The van der Waals surface area contributed by atoms with Gasteiger partial charge in [0.15, 0.2) is 6.23 Å². The lowest BCUT2D eigenvalue weighted by Gasteiger charge is -2.19. The molecular weight excluding hydrogens is 552 g/mol. The van der Waals surface area contributed by atoms with Crippen molar-refractivity contribution in [1.82, 2.24) is 14.1 Å². The van der Waals surface area contributed by atoms with Gasteiger partial charge < -0.3 is 34.2 Å². The average molecular weight is 574 g/mol. The Morgan fingerprint density at radius 3 is 2.57 bits per heavy atom. The highest BCUT2D eigenvalue weighted by Gasteiger charge is 2.44. The molecule has 5 N–H and O–H groups in total. The van der Waals surface area contributed by atoms with E-state index in [1.807, 2.05) is 12.1 Å². The van der Waals surface area contributed by atoms with E-state index in [2.05, 4.69) is 9.29 Å². The van der Waals surface area contributed by atoms with Crippen LogP contribution in [0.4, 0.5) is 0 Å². The van der Waals surface area contributed by atoms with Crippen LogP contribution in [-0.4, -0.2) is 63.9 Å². The van der Waals surface area contributed by atoms with Crippen LogP contribution in [0.15, 0.2) is 64.4 Å². The highest BCUT2D eigenvalue weighted by Crippen LogP contribution is 2.46. The predicted molar refractivity (Wildman–Crippen MR) is 132 cm³/mol. The predicted octanol–water partition coefficient (Wildman–Crippen LogP) is 0.857. The molecule has 0 amide bonds. The molecule has 0 spiro atoms. The monoisotopic (exact) mass is 573 g/mol. The smallest absolute Gasteiger partial charge is 0.337 e. The Kier molecular flexibility index (Phi) is 9.17. The molecule has 1 aliphatic heterocycles. The summed E-state index contributed by atoms with van der Waals surface area (Å²) in [6, 6.07) is 11.7. The van der Waals surface area contributed by atoms with Gasteiger partial charge >= 0.3 is 22.9 Å². The van der Waals surface area contributed by atoms with Gasteiger partial charge in [-0.1, -0.05) is 29.8 Å². The molecule has 4 rings (SSSR count). The van der Waals surface area contributed by atoms with E-state index in [9.17, 15) is 24.7 Å². The minimum atomic E-state index is -2.87. The van der Waals surface area contributed by atoms with E-state index in [4.69, 9.17) is 30.6 Å². The first kappa shape index (κ1) is 27.9. The number of aromatic nitrogens is 3. The maximum Gasteiger partial charge on any atom is 0.337 e. The number of aliphatic hydroxyl groups excluding tert-OH is 2. The third-order valence-electron chi connectivity index (χ3n) is 5.52. The number of aliphatic hydroxyl groups is 2. The van der Waals surface area contributed by atoms with E-state index in [0.29, 0.717) is 10.7 Å². The zero-order chi connectivity index (χ0) is 26.7. The van der Waals surface area contributed by atoms with Crippen molar-refractivity contribution in [2.24, 2.45) is 0 Å². The Labute approximate surface area is 216 Å². The second-order valence-electron chi connectivity index (χ2n) is 7.86. The summed E-state index contributed by atoms with van der Waals surface area (Å²) in [7, 11) is -5.54. The Balaban J connectivity index is 1.55. The molecule has 1 saturated heterocycles. The number of rotatable bonds is 9. The van der Waals surface area contributed by atoms with E-state index < -0.39 is 59.6 Å². The largest absolute Gasteiger partial charge is 0.387 e. The summed E-state index contributed by atoms with van der Waals surface area (Å²) in [6.45, 7) is -0.681. The van der Waals surface area contributed by atoms with Crippen LogP contribution < -0.4 is 11.2 Å². The van der Waals surface area contributed by atoms with Crippen molar-refractivity contribution >= 4 is 28.8 Å². The zero-order valence-corrected chi connectivity index (χ0v) is 21.4. The Morgan fingerprint density at radius 2 is 1.84 bits per heavy atom. The van der Waals surface area contributed by atoms with Crippen LogP contribution in [0, 0.1) is 0 Å². The minimum absolute atomic E-state index is 0.188. The molecule has 0 saturated carbocycles. The van der Waals surface area contributed by atoms with Gasteiger partial charge in [-0.05, 0) is 23.8 Å². The van der Waals surface area contributed by atoms with Crippen LogP contribution in [0.5, 0.6) is 0 Å². The fraction of sp³-hybridized carbons (Fsp3) is 0.286. The van der Waals surface area contributed by atoms with Gasteiger partial charge in [-0.2, -0.15) is 0 Å². The van der Waals surface area contributed by atoms with Gasteiger partial charge in [0.05, 0.1) is 18.8 Å². The molecule has 0 bridgehead atoms. The fourth-order valence-electron chi connectivity index (χ4n) is 3.78. The number of pyridine rings is 1. The van der Waals surface area contributed by atoms with Gasteiger partial charge in [0.1, 0.15) is 18.3 Å². The van der Waals surface area contributed by atoms with Crippen LogP contribution >= 0.6 is 28.8 Å². The molecule has 198 valence electrons. The summed E-state index contributed by atoms with van der Waals surface area (Å²) >= 11 is 6.28.